The Labute approximate surface area is 161 Å². The monoisotopic (exact) mass is 398 g/mol. The van der Waals surface area contributed by atoms with Gasteiger partial charge >= 0.3 is 5.97 Å². The second-order valence-corrected chi connectivity index (χ2v) is 6.28. The van der Waals surface area contributed by atoms with Gasteiger partial charge in [0.1, 0.15) is 11.3 Å². The molecule has 152 valence electrons. The van der Waals surface area contributed by atoms with Crippen molar-refractivity contribution in [2.24, 2.45) is 0 Å². The summed E-state index contributed by atoms with van der Waals surface area (Å²) in [7, 11) is 0.855. The van der Waals surface area contributed by atoms with Crippen LogP contribution in [0.1, 0.15) is 49.4 Å². The third-order valence-corrected chi connectivity index (χ3v) is 4.31. The van der Waals surface area contributed by atoms with Crippen molar-refractivity contribution in [3.63, 3.8) is 0 Å². The molecule has 7 heteroatoms. The topological polar surface area (TPSA) is 35.5 Å². The summed E-state index contributed by atoms with van der Waals surface area (Å²) in [5, 5.41) is 0. The Kier molecular flexibility index (Phi) is 7.84. The molecule has 0 aliphatic rings. The van der Waals surface area contributed by atoms with Gasteiger partial charge < -0.3 is 9.47 Å². The molecule has 0 amide bonds. The molecule has 0 radical (unpaired) electrons. The van der Waals surface area contributed by atoms with E-state index in [1.165, 1.54) is 30.7 Å². The molecule has 0 saturated heterocycles. The number of unbranched alkanes of at least 4 members (excludes halogenated alkanes) is 4. The van der Waals surface area contributed by atoms with Crippen molar-refractivity contribution in [2.75, 3.05) is 13.7 Å². The average Bonchev–Trinajstić information content (AvgIpc) is 2.70. The first-order valence-electron chi connectivity index (χ1n) is 9.09. The highest BCUT2D eigenvalue weighted by atomic mass is 19.2. The van der Waals surface area contributed by atoms with Crippen molar-refractivity contribution in [1.29, 1.82) is 0 Å². The van der Waals surface area contributed by atoms with Gasteiger partial charge in [0.2, 0.25) is 0 Å². The number of carbonyl (C=O) groups excluding carboxylic acids is 1. The van der Waals surface area contributed by atoms with E-state index in [1.54, 1.807) is 0 Å². The number of hydrogen-bond acceptors (Lipinski definition) is 3. The summed E-state index contributed by atoms with van der Waals surface area (Å²) in [4.78, 5) is 11.4. The number of rotatable bonds is 9. The van der Waals surface area contributed by atoms with Crippen LogP contribution in [0.25, 0.3) is 11.1 Å². The standard InChI is InChI=1S/C21H22F4O3/c1-3-4-5-6-7-12-28-14-10-8-13(9-11-14)15-17(22)19(24)16(21(26)27-2)20(25)18(15)23/h8-11H,3-7,12H2,1-2H3. The minimum absolute atomic E-state index is 0.0838. The van der Waals surface area contributed by atoms with Crippen LogP contribution < -0.4 is 4.74 Å². The van der Waals surface area contributed by atoms with Gasteiger partial charge in [0.25, 0.3) is 0 Å². The fourth-order valence-electron chi connectivity index (χ4n) is 2.78. The lowest BCUT2D eigenvalue weighted by Gasteiger charge is -2.12. The summed E-state index contributed by atoms with van der Waals surface area (Å²) < 4.78 is 66.5. The fraction of sp³-hybridized carbons (Fsp3) is 0.381. The third-order valence-electron chi connectivity index (χ3n) is 4.31. The van der Waals surface area contributed by atoms with Gasteiger partial charge in [0.15, 0.2) is 23.3 Å². The Bertz CT molecular complexity index is 790. The summed E-state index contributed by atoms with van der Waals surface area (Å²) in [5.74, 6) is -7.94. The number of methoxy groups -OCH3 is 1. The molecule has 0 heterocycles. The van der Waals surface area contributed by atoms with Gasteiger partial charge in [0.05, 0.1) is 19.3 Å². The number of carbonyl (C=O) groups is 1. The molecular formula is C21H22F4O3. The van der Waals surface area contributed by atoms with Gasteiger partial charge in [-0.1, -0.05) is 44.7 Å². The lowest BCUT2D eigenvalue weighted by Crippen LogP contribution is -2.13. The first-order chi connectivity index (χ1) is 13.4. The van der Waals surface area contributed by atoms with E-state index in [-0.39, 0.29) is 5.56 Å². The summed E-state index contributed by atoms with van der Waals surface area (Å²) in [5.41, 5.74) is -2.38. The number of ether oxygens (including phenoxy) is 2. The Morgan fingerprint density at radius 3 is 1.96 bits per heavy atom. The van der Waals surface area contributed by atoms with E-state index in [9.17, 15) is 22.4 Å². The van der Waals surface area contributed by atoms with E-state index < -0.39 is 40.4 Å². The smallest absolute Gasteiger partial charge is 0.344 e. The normalized spacial score (nSPS) is 10.8. The number of esters is 1. The fourth-order valence-corrected chi connectivity index (χ4v) is 2.78. The molecule has 0 fully saturated rings. The zero-order valence-corrected chi connectivity index (χ0v) is 15.8. The predicted octanol–water partition coefficient (Wildman–Crippen LogP) is 6.05. The van der Waals surface area contributed by atoms with Crippen molar-refractivity contribution in [2.45, 2.75) is 39.0 Å². The highest BCUT2D eigenvalue weighted by Gasteiger charge is 2.30. The maximum absolute atomic E-state index is 14.3. The third kappa shape index (κ3) is 4.82. The molecule has 0 atom stereocenters. The van der Waals surface area contributed by atoms with Gasteiger partial charge in [-0.25, -0.2) is 22.4 Å². The zero-order valence-electron chi connectivity index (χ0n) is 15.8. The van der Waals surface area contributed by atoms with E-state index in [0.717, 1.165) is 32.8 Å². The lowest BCUT2D eigenvalue weighted by atomic mass is 10.0. The molecule has 0 aliphatic carbocycles. The molecule has 2 aromatic rings. The maximum atomic E-state index is 14.3. The van der Waals surface area contributed by atoms with Gasteiger partial charge in [0, 0.05) is 0 Å². The molecule has 0 aliphatic heterocycles. The van der Waals surface area contributed by atoms with Gasteiger partial charge in [-0.15, -0.1) is 0 Å². The highest BCUT2D eigenvalue weighted by Crippen LogP contribution is 2.33. The van der Waals surface area contributed by atoms with Gasteiger partial charge in [-0.2, -0.15) is 0 Å². The minimum atomic E-state index is -1.80. The van der Waals surface area contributed by atoms with Crippen LogP contribution in [-0.2, 0) is 4.74 Å². The quantitative estimate of drug-likeness (QED) is 0.223. The van der Waals surface area contributed by atoms with Crippen LogP contribution in [-0.4, -0.2) is 19.7 Å². The Balaban J connectivity index is 2.19. The van der Waals surface area contributed by atoms with Crippen LogP contribution in [0, 0.1) is 23.3 Å². The Hall–Kier alpha value is -2.57. The van der Waals surface area contributed by atoms with Crippen LogP contribution in [0.3, 0.4) is 0 Å². The first kappa shape index (κ1) is 21.7. The molecule has 0 aromatic heterocycles. The number of benzene rings is 2. The number of hydrogen-bond donors (Lipinski definition) is 0. The molecule has 0 bridgehead atoms. The van der Waals surface area contributed by atoms with Crippen LogP contribution >= 0.6 is 0 Å². The number of halogens is 4. The summed E-state index contributed by atoms with van der Waals surface area (Å²) in [6.07, 6.45) is 5.39. The molecule has 3 nitrogen and oxygen atoms in total. The molecule has 2 aromatic carbocycles. The van der Waals surface area contributed by atoms with E-state index in [1.807, 2.05) is 0 Å². The van der Waals surface area contributed by atoms with E-state index in [0.29, 0.717) is 12.4 Å². The average molecular weight is 398 g/mol. The summed E-state index contributed by atoms with van der Waals surface area (Å²) in [6, 6.07) is 5.52. The zero-order chi connectivity index (χ0) is 20.7. The van der Waals surface area contributed by atoms with Crippen LogP contribution in [0.4, 0.5) is 17.6 Å². The molecule has 28 heavy (non-hydrogen) atoms. The van der Waals surface area contributed by atoms with Crippen LogP contribution in [0.2, 0.25) is 0 Å². The summed E-state index contributed by atoms with van der Waals surface area (Å²) in [6.45, 7) is 2.63. The van der Waals surface area contributed by atoms with Crippen LogP contribution in [0.15, 0.2) is 24.3 Å². The largest absolute Gasteiger partial charge is 0.494 e. The second kappa shape index (κ2) is 10.1. The first-order valence-corrected chi connectivity index (χ1v) is 9.09. The van der Waals surface area contributed by atoms with Crippen molar-refractivity contribution < 1.29 is 31.8 Å². The van der Waals surface area contributed by atoms with Gasteiger partial charge in [-0.05, 0) is 24.1 Å². The summed E-state index contributed by atoms with van der Waals surface area (Å²) >= 11 is 0. The van der Waals surface area contributed by atoms with Crippen molar-refractivity contribution in [1.82, 2.24) is 0 Å². The van der Waals surface area contributed by atoms with E-state index in [2.05, 4.69) is 11.7 Å². The maximum Gasteiger partial charge on any atom is 0.344 e. The van der Waals surface area contributed by atoms with Crippen LogP contribution in [0.5, 0.6) is 5.75 Å². The predicted molar refractivity (Wildman–Crippen MR) is 97.3 cm³/mol. The van der Waals surface area contributed by atoms with Gasteiger partial charge in [-0.3, -0.25) is 0 Å². The molecule has 0 spiro atoms. The van der Waals surface area contributed by atoms with E-state index >= 15 is 0 Å². The molecule has 2 rings (SSSR count). The second-order valence-electron chi connectivity index (χ2n) is 6.28. The highest BCUT2D eigenvalue weighted by molar-refractivity contribution is 5.91. The van der Waals surface area contributed by atoms with Crippen molar-refractivity contribution >= 4 is 5.97 Å². The Morgan fingerprint density at radius 2 is 1.43 bits per heavy atom. The SMILES string of the molecule is CCCCCCCOc1ccc(-c2c(F)c(F)c(C(=O)OC)c(F)c2F)cc1. The molecule has 0 saturated carbocycles. The minimum Gasteiger partial charge on any atom is -0.494 e. The van der Waals surface area contributed by atoms with Crippen molar-refractivity contribution in [3.8, 4) is 16.9 Å². The van der Waals surface area contributed by atoms with E-state index in [4.69, 9.17) is 4.74 Å². The molecular weight excluding hydrogens is 376 g/mol. The van der Waals surface area contributed by atoms with Crippen molar-refractivity contribution in [3.05, 3.63) is 53.1 Å². The molecule has 0 unspecified atom stereocenters. The Morgan fingerprint density at radius 1 is 0.857 bits per heavy atom. The molecule has 0 N–H and O–H groups in total. The lowest BCUT2D eigenvalue weighted by molar-refractivity contribution is 0.0587.